The van der Waals surface area contributed by atoms with Crippen molar-refractivity contribution in [1.82, 2.24) is 9.97 Å². The summed E-state index contributed by atoms with van der Waals surface area (Å²) in [5, 5.41) is 3.43. The first kappa shape index (κ1) is 16.8. The van der Waals surface area contributed by atoms with Crippen molar-refractivity contribution >= 4 is 50.2 Å². The number of carbonyl (C=O) groups excluding carboxylic acids is 1. The van der Waals surface area contributed by atoms with Crippen LogP contribution in [-0.2, 0) is 0 Å². The largest absolute Gasteiger partial charge is 0.436 e. The smallest absolute Gasteiger partial charge is 0.255 e. The molecule has 7 heteroatoms. The Hall–Kier alpha value is -2.70. The number of oxazole rings is 1. The van der Waals surface area contributed by atoms with Crippen LogP contribution in [-0.4, -0.2) is 15.9 Å². The van der Waals surface area contributed by atoms with Gasteiger partial charge in [-0.3, -0.25) is 9.78 Å². The molecule has 4 aromatic rings. The lowest BCUT2D eigenvalue weighted by Gasteiger charge is -2.05. The van der Waals surface area contributed by atoms with Crippen LogP contribution >= 0.6 is 27.5 Å². The summed E-state index contributed by atoms with van der Waals surface area (Å²) >= 11 is 9.23. The third-order valence-corrected chi connectivity index (χ3v) is 4.39. The molecule has 0 aliphatic heterocycles. The van der Waals surface area contributed by atoms with Crippen molar-refractivity contribution in [3.8, 4) is 11.5 Å². The Kier molecular flexibility index (Phi) is 4.44. The van der Waals surface area contributed by atoms with Gasteiger partial charge in [0.2, 0.25) is 5.89 Å². The molecule has 0 radical (unpaired) electrons. The zero-order valence-corrected chi connectivity index (χ0v) is 15.6. The van der Waals surface area contributed by atoms with Gasteiger partial charge in [-0.15, -0.1) is 0 Å². The summed E-state index contributed by atoms with van der Waals surface area (Å²) in [7, 11) is 0. The van der Waals surface area contributed by atoms with Crippen molar-refractivity contribution < 1.29 is 9.21 Å². The molecule has 0 unspecified atom stereocenters. The van der Waals surface area contributed by atoms with E-state index >= 15 is 0 Å². The van der Waals surface area contributed by atoms with Crippen molar-refractivity contribution in [2.75, 3.05) is 5.32 Å². The van der Waals surface area contributed by atoms with Crippen LogP contribution in [0.3, 0.4) is 0 Å². The number of pyridine rings is 1. The average molecular weight is 429 g/mol. The van der Waals surface area contributed by atoms with Gasteiger partial charge in [0, 0.05) is 33.1 Å². The molecule has 0 aliphatic rings. The number of carbonyl (C=O) groups is 1. The second-order valence-corrected chi connectivity index (χ2v) is 6.91. The van der Waals surface area contributed by atoms with E-state index in [-0.39, 0.29) is 5.91 Å². The van der Waals surface area contributed by atoms with E-state index < -0.39 is 0 Å². The first-order valence-corrected chi connectivity index (χ1v) is 8.84. The average Bonchev–Trinajstić information content (AvgIpc) is 3.05. The van der Waals surface area contributed by atoms with Crippen molar-refractivity contribution in [2.45, 2.75) is 0 Å². The predicted molar refractivity (Wildman–Crippen MR) is 104 cm³/mol. The van der Waals surface area contributed by atoms with Gasteiger partial charge >= 0.3 is 0 Å². The molecule has 26 heavy (non-hydrogen) atoms. The maximum absolute atomic E-state index is 12.3. The number of rotatable bonds is 3. The van der Waals surface area contributed by atoms with Gasteiger partial charge in [-0.1, -0.05) is 11.6 Å². The van der Waals surface area contributed by atoms with Crippen molar-refractivity contribution in [1.29, 1.82) is 0 Å². The monoisotopic (exact) mass is 427 g/mol. The Bertz CT molecular complexity index is 1110. The van der Waals surface area contributed by atoms with Crippen LogP contribution in [0.4, 0.5) is 5.69 Å². The Morgan fingerprint density at radius 1 is 1.08 bits per heavy atom. The predicted octanol–water partition coefficient (Wildman–Crippen LogP) is 5.56. The van der Waals surface area contributed by atoms with Crippen LogP contribution in [0.5, 0.6) is 0 Å². The first-order valence-electron chi connectivity index (χ1n) is 7.67. The number of aromatic nitrogens is 2. The summed E-state index contributed by atoms with van der Waals surface area (Å²) in [5.74, 6) is 0.246. The van der Waals surface area contributed by atoms with Crippen LogP contribution in [0.2, 0.25) is 5.02 Å². The summed E-state index contributed by atoms with van der Waals surface area (Å²) in [4.78, 5) is 20.9. The van der Waals surface area contributed by atoms with Crippen molar-refractivity contribution in [3.05, 3.63) is 76.0 Å². The number of amides is 1. The number of hydrogen-bond donors (Lipinski definition) is 1. The summed E-state index contributed by atoms with van der Waals surface area (Å²) in [6.07, 6.45) is 3.37. The number of anilines is 1. The van der Waals surface area contributed by atoms with Crippen molar-refractivity contribution in [2.24, 2.45) is 0 Å². The van der Waals surface area contributed by atoms with E-state index in [1.54, 1.807) is 54.9 Å². The molecule has 0 atom stereocenters. The van der Waals surface area contributed by atoms with Gasteiger partial charge in [0.15, 0.2) is 5.58 Å². The van der Waals surface area contributed by atoms with Crippen LogP contribution in [0, 0.1) is 0 Å². The van der Waals surface area contributed by atoms with Crippen LogP contribution in [0.25, 0.3) is 22.6 Å². The van der Waals surface area contributed by atoms with Crippen molar-refractivity contribution in [3.63, 3.8) is 0 Å². The first-order chi connectivity index (χ1) is 12.6. The van der Waals surface area contributed by atoms with E-state index in [0.717, 1.165) is 10.0 Å². The molecule has 2 aromatic carbocycles. The summed E-state index contributed by atoms with van der Waals surface area (Å²) in [6, 6.07) is 13.9. The molecule has 2 aromatic heterocycles. The van der Waals surface area contributed by atoms with Gasteiger partial charge in [0.05, 0.1) is 5.56 Å². The fourth-order valence-electron chi connectivity index (χ4n) is 2.46. The lowest BCUT2D eigenvalue weighted by molar-refractivity contribution is 0.102. The summed E-state index contributed by atoms with van der Waals surface area (Å²) in [6.45, 7) is 0. The van der Waals surface area contributed by atoms with E-state index in [0.29, 0.717) is 33.3 Å². The Balaban J connectivity index is 1.61. The SMILES string of the molecule is O=C(Nc1ccc2oc(-c3cncc(Br)c3)nc2c1)c1ccc(Cl)cc1. The number of halogens is 2. The van der Waals surface area contributed by atoms with Crippen LogP contribution in [0.15, 0.2) is 69.8 Å². The third-order valence-electron chi connectivity index (χ3n) is 3.70. The highest BCUT2D eigenvalue weighted by Crippen LogP contribution is 2.27. The minimum absolute atomic E-state index is 0.221. The van der Waals surface area contributed by atoms with Crippen LogP contribution in [0.1, 0.15) is 10.4 Å². The highest BCUT2D eigenvalue weighted by Gasteiger charge is 2.11. The molecule has 0 fully saturated rings. The highest BCUT2D eigenvalue weighted by molar-refractivity contribution is 9.10. The fourth-order valence-corrected chi connectivity index (χ4v) is 2.95. The lowest BCUT2D eigenvalue weighted by Crippen LogP contribution is -2.11. The van der Waals surface area contributed by atoms with E-state index in [1.807, 2.05) is 6.07 Å². The molecule has 0 bridgehead atoms. The molecule has 128 valence electrons. The Labute approximate surface area is 162 Å². The quantitative estimate of drug-likeness (QED) is 0.464. The highest BCUT2D eigenvalue weighted by atomic mass is 79.9. The molecule has 5 nitrogen and oxygen atoms in total. The van der Waals surface area contributed by atoms with E-state index in [1.165, 1.54) is 0 Å². The molecule has 1 N–H and O–H groups in total. The molecule has 0 saturated carbocycles. The lowest BCUT2D eigenvalue weighted by atomic mass is 10.2. The van der Waals surface area contributed by atoms with Gasteiger partial charge in [-0.25, -0.2) is 4.98 Å². The van der Waals surface area contributed by atoms with Gasteiger partial charge in [-0.05, 0) is 64.5 Å². The Morgan fingerprint density at radius 2 is 1.88 bits per heavy atom. The molecule has 0 spiro atoms. The van der Waals surface area contributed by atoms with Crippen LogP contribution < -0.4 is 5.32 Å². The van der Waals surface area contributed by atoms with E-state index in [4.69, 9.17) is 16.0 Å². The third kappa shape index (κ3) is 3.47. The molecular formula is C19H11BrClN3O2. The summed E-state index contributed by atoms with van der Waals surface area (Å²) < 4.78 is 6.61. The molecule has 4 rings (SSSR count). The molecule has 0 saturated heterocycles. The number of hydrogen-bond acceptors (Lipinski definition) is 4. The van der Waals surface area contributed by atoms with Gasteiger partial charge < -0.3 is 9.73 Å². The zero-order valence-electron chi connectivity index (χ0n) is 13.2. The van der Waals surface area contributed by atoms with Gasteiger partial charge in [-0.2, -0.15) is 0 Å². The van der Waals surface area contributed by atoms with Gasteiger partial charge in [0.25, 0.3) is 5.91 Å². The van der Waals surface area contributed by atoms with E-state index in [9.17, 15) is 4.79 Å². The number of benzene rings is 2. The fraction of sp³-hybridized carbons (Fsp3) is 0. The molecule has 2 heterocycles. The Morgan fingerprint density at radius 3 is 2.65 bits per heavy atom. The maximum atomic E-state index is 12.3. The number of nitrogens with zero attached hydrogens (tertiary/aromatic N) is 2. The normalized spacial score (nSPS) is 10.8. The molecule has 1 amide bonds. The minimum atomic E-state index is -0.221. The second-order valence-electron chi connectivity index (χ2n) is 5.55. The molecular weight excluding hydrogens is 418 g/mol. The van der Waals surface area contributed by atoms with E-state index in [2.05, 4.69) is 31.2 Å². The zero-order chi connectivity index (χ0) is 18.1. The van der Waals surface area contributed by atoms with Gasteiger partial charge in [0.1, 0.15) is 5.52 Å². The number of nitrogens with one attached hydrogen (secondary N) is 1. The molecule has 0 aliphatic carbocycles. The second kappa shape index (κ2) is 6.90. The maximum Gasteiger partial charge on any atom is 0.255 e. The number of fused-ring (bicyclic) bond motifs is 1. The standard InChI is InChI=1S/C19H11BrClN3O2/c20-13-7-12(9-22-10-13)19-24-16-8-15(5-6-17(16)26-19)23-18(25)11-1-3-14(21)4-2-11/h1-10H,(H,23,25). The minimum Gasteiger partial charge on any atom is -0.436 e. The topological polar surface area (TPSA) is 68.0 Å². The summed E-state index contributed by atoms with van der Waals surface area (Å²) in [5.41, 5.74) is 3.20.